The fraction of sp³-hybridized carbons (Fsp3) is 0.0556. The van der Waals surface area contributed by atoms with Crippen LogP contribution in [0.5, 0.6) is 5.75 Å². The first-order valence-corrected chi connectivity index (χ1v) is 13.1. The second-order valence-corrected chi connectivity index (χ2v) is 9.74. The van der Waals surface area contributed by atoms with Gasteiger partial charge in [-0.3, -0.25) is 0 Å². The molecule has 1 heterocycles. The van der Waals surface area contributed by atoms with Gasteiger partial charge < -0.3 is 9.64 Å². The number of ether oxygens (including phenoxy) is 1. The summed E-state index contributed by atoms with van der Waals surface area (Å²) in [4.78, 5) is 2.34. The average Bonchev–Trinajstić information content (AvgIpc) is 3.36. The Balaban J connectivity index is 1.42. The second-order valence-electron chi connectivity index (χ2n) is 9.74. The Morgan fingerprint density at radius 2 is 1.11 bits per heavy atom. The summed E-state index contributed by atoms with van der Waals surface area (Å²) in [6.07, 6.45) is 8.66. The van der Waals surface area contributed by atoms with E-state index < -0.39 is 0 Å². The summed E-state index contributed by atoms with van der Waals surface area (Å²) in [5, 5.41) is 0. The quantitative estimate of drug-likeness (QED) is 0.244. The predicted molar refractivity (Wildman–Crippen MR) is 157 cm³/mol. The fourth-order valence-electron chi connectivity index (χ4n) is 5.55. The first-order chi connectivity index (χ1) is 18.8. The lowest BCUT2D eigenvalue weighted by molar-refractivity contribution is 0.269. The molecule has 38 heavy (non-hydrogen) atoms. The minimum absolute atomic E-state index is 0.0456. The smallest absolute Gasteiger partial charge is 0.128 e. The molecule has 0 N–H and O–H groups in total. The molecule has 1 aliphatic heterocycles. The second kappa shape index (κ2) is 9.57. The highest BCUT2D eigenvalue weighted by atomic mass is 16.5. The Bertz CT molecular complexity index is 1620. The maximum atomic E-state index is 6.48. The number of para-hydroxylation sites is 1. The Hall–Kier alpha value is -4.82. The molecular weight excluding hydrogens is 462 g/mol. The number of rotatable bonds is 5. The monoisotopic (exact) mass is 489 g/mol. The summed E-state index contributed by atoms with van der Waals surface area (Å²) in [6.45, 7) is 0. The van der Waals surface area contributed by atoms with E-state index in [0.29, 0.717) is 0 Å². The molecule has 0 bridgehead atoms. The molecule has 0 aromatic heterocycles. The van der Waals surface area contributed by atoms with Crippen molar-refractivity contribution >= 4 is 17.1 Å². The lowest BCUT2D eigenvalue weighted by Crippen LogP contribution is -2.15. The first-order valence-electron chi connectivity index (χ1n) is 13.1. The maximum Gasteiger partial charge on any atom is 0.128 e. The van der Waals surface area contributed by atoms with E-state index in [1.54, 1.807) is 0 Å². The molecule has 7 rings (SSSR count). The van der Waals surface area contributed by atoms with Crippen molar-refractivity contribution in [2.24, 2.45) is 0 Å². The van der Waals surface area contributed by atoms with Gasteiger partial charge in [0.1, 0.15) is 11.9 Å². The summed E-state index contributed by atoms with van der Waals surface area (Å²) >= 11 is 0. The van der Waals surface area contributed by atoms with E-state index in [2.05, 4.69) is 157 Å². The van der Waals surface area contributed by atoms with Gasteiger partial charge in [0.05, 0.1) is 5.69 Å². The largest absolute Gasteiger partial charge is 0.485 e. The topological polar surface area (TPSA) is 12.5 Å². The summed E-state index contributed by atoms with van der Waals surface area (Å²) < 4.78 is 6.48. The van der Waals surface area contributed by atoms with Gasteiger partial charge in [-0.15, -0.1) is 0 Å². The number of anilines is 3. The third kappa shape index (κ3) is 4.01. The molecule has 2 unspecified atom stereocenters. The van der Waals surface area contributed by atoms with E-state index in [4.69, 9.17) is 4.74 Å². The molecule has 0 radical (unpaired) electrons. The van der Waals surface area contributed by atoms with E-state index in [-0.39, 0.29) is 12.0 Å². The molecule has 0 spiro atoms. The third-order valence-corrected chi connectivity index (χ3v) is 7.41. The van der Waals surface area contributed by atoms with E-state index >= 15 is 0 Å². The molecule has 5 aromatic rings. The van der Waals surface area contributed by atoms with Crippen LogP contribution in [-0.2, 0) is 0 Å². The summed E-state index contributed by atoms with van der Waals surface area (Å²) in [5.41, 5.74) is 9.33. The van der Waals surface area contributed by atoms with Crippen molar-refractivity contribution in [3.8, 4) is 28.0 Å². The van der Waals surface area contributed by atoms with Crippen LogP contribution >= 0.6 is 0 Å². The van der Waals surface area contributed by atoms with Gasteiger partial charge in [-0.25, -0.2) is 0 Å². The fourth-order valence-corrected chi connectivity index (χ4v) is 5.55. The highest BCUT2D eigenvalue weighted by Gasteiger charge is 2.34. The molecule has 2 nitrogen and oxygen atoms in total. The molecule has 1 aliphatic carbocycles. The number of benzene rings is 5. The average molecular weight is 490 g/mol. The van der Waals surface area contributed by atoms with Crippen LogP contribution in [0, 0.1) is 0 Å². The third-order valence-electron chi connectivity index (χ3n) is 7.41. The molecule has 5 aromatic carbocycles. The number of hydrogen-bond acceptors (Lipinski definition) is 2. The maximum absolute atomic E-state index is 6.48. The Labute approximate surface area is 223 Å². The minimum atomic E-state index is 0.0456. The lowest BCUT2D eigenvalue weighted by Gasteiger charge is -2.28. The summed E-state index contributed by atoms with van der Waals surface area (Å²) in [7, 11) is 0. The van der Waals surface area contributed by atoms with Gasteiger partial charge in [0, 0.05) is 34.5 Å². The Morgan fingerprint density at radius 3 is 1.82 bits per heavy atom. The van der Waals surface area contributed by atoms with Gasteiger partial charge in [-0.05, 0) is 53.1 Å². The van der Waals surface area contributed by atoms with Gasteiger partial charge in [-0.1, -0.05) is 109 Å². The van der Waals surface area contributed by atoms with Crippen molar-refractivity contribution in [3.05, 3.63) is 157 Å². The van der Waals surface area contributed by atoms with Crippen molar-refractivity contribution in [2.75, 3.05) is 4.90 Å². The van der Waals surface area contributed by atoms with Crippen molar-refractivity contribution in [1.29, 1.82) is 0 Å². The highest BCUT2D eigenvalue weighted by molar-refractivity contribution is 5.90. The summed E-state index contributed by atoms with van der Waals surface area (Å²) in [5.74, 6) is 1.19. The number of nitrogens with zero attached hydrogens (tertiary/aromatic N) is 1. The number of fused-ring (bicyclic) bond motifs is 3. The zero-order valence-electron chi connectivity index (χ0n) is 20.9. The van der Waals surface area contributed by atoms with Crippen molar-refractivity contribution < 1.29 is 4.74 Å². The summed E-state index contributed by atoms with van der Waals surface area (Å²) in [6, 6.07) is 45.2. The van der Waals surface area contributed by atoms with E-state index in [0.717, 1.165) is 22.8 Å². The van der Waals surface area contributed by atoms with Gasteiger partial charge in [0.25, 0.3) is 0 Å². The molecule has 0 fully saturated rings. The molecule has 0 saturated heterocycles. The normalized spacial score (nSPS) is 16.9. The lowest BCUT2D eigenvalue weighted by atomic mass is 9.89. The van der Waals surface area contributed by atoms with Crippen LogP contribution < -0.4 is 9.64 Å². The molecule has 2 atom stereocenters. The van der Waals surface area contributed by atoms with Crippen LogP contribution in [0.1, 0.15) is 11.5 Å². The van der Waals surface area contributed by atoms with Crippen LogP contribution in [0.15, 0.2) is 152 Å². The molecule has 182 valence electrons. The Morgan fingerprint density at radius 1 is 0.526 bits per heavy atom. The molecular formula is C36H27NO. The zero-order chi connectivity index (χ0) is 25.3. The van der Waals surface area contributed by atoms with Gasteiger partial charge in [0.15, 0.2) is 0 Å². The van der Waals surface area contributed by atoms with Crippen molar-refractivity contribution in [2.45, 2.75) is 12.0 Å². The molecule has 0 saturated carbocycles. The van der Waals surface area contributed by atoms with Gasteiger partial charge >= 0.3 is 0 Å². The standard InChI is InChI=1S/C36H27NO/c1-4-12-26(13-5-1)27-20-22-30(23-21-27)37(29-16-8-3-9-17-29)34-25-36-33(31-18-10-11-19-35(31)38-36)24-32(34)28-14-6-2-7-15-28/h1-25,31,35H. The molecule has 2 aliphatic rings. The number of allylic oxidation sites excluding steroid dienone is 2. The van der Waals surface area contributed by atoms with Gasteiger partial charge in [-0.2, -0.15) is 0 Å². The Kier molecular flexibility index (Phi) is 5.64. The van der Waals surface area contributed by atoms with Crippen molar-refractivity contribution in [1.82, 2.24) is 0 Å². The minimum Gasteiger partial charge on any atom is -0.485 e. The highest BCUT2D eigenvalue weighted by Crippen LogP contribution is 2.49. The van der Waals surface area contributed by atoms with Gasteiger partial charge in [0.2, 0.25) is 0 Å². The van der Waals surface area contributed by atoms with Crippen LogP contribution in [0.3, 0.4) is 0 Å². The van der Waals surface area contributed by atoms with E-state index in [1.165, 1.54) is 27.8 Å². The predicted octanol–water partition coefficient (Wildman–Crippen LogP) is 9.46. The van der Waals surface area contributed by atoms with E-state index in [9.17, 15) is 0 Å². The first kappa shape index (κ1) is 22.4. The molecule has 0 amide bonds. The van der Waals surface area contributed by atoms with Crippen molar-refractivity contribution in [3.63, 3.8) is 0 Å². The van der Waals surface area contributed by atoms with Crippen LogP contribution in [0.4, 0.5) is 17.1 Å². The number of hydrogen-bond donors (Lipinski definition) is 0. The SMILES string of the molecule is C1=CC2Oc3cc(N(c4ccccc4)c4ccc(-c5ccccc5)cc4)c(-c4ccccc4)cc3C2C=C1. The van der Waals surface area contributed by atoms with Crippen LogP contribution in [-0.4, -0.2) is 6.10 Å². The van der Waals surface area contributed by atoms with Crippen LogP contribution in [0.25, 0.3) is 22.3 Å². The zero-order valence-corrected chi connectivity index (χ0v) is 20.9. The molecule has 2 heteroatoms. The van der Waals surface area contributed by atoms with Crippen LogP contribution in [0.2, 0.25) is 0 Å². The van der Waals surface area contributed by atoms with E-state index in [1.807, 2.05) is 0 Å².